The molecule has 22 heavy (non-hydrogen) atoms. The summed E-state index contributed by atoms with van der Waals surface area (Å²) in [6.45, 7) is 5.07. The van der Waals surface area contributed by atoms with E-state index in [-0.39, 0.29) is 0 Å². The number of hydrogen-bond donors (Lipinski definition) is 0. The Morgan fingerprint density at radius 3 is 2.77 bits per heavy atom. The van der Waals surface area contributed by atoms with Gasteiger partial charge in [-0.15, -0.1) is 11.3 Å². The Labute approximate surface area is 140 Å². The van der Waals surface area contributed by atoms with Crippen LogP contribution < -0.4 is 0 Å². The molecule has 2 nitrogen and oxygen atoms in total. The highest BCUT2D eigenvalue weighted by atomic mass is 32.2. The molecule has 0 aliphatic carbocycles. The first-order valence-electron chi connectivity index (χ1n) is 7.18. The van der Waals surface area contributed by atoms with Gasteiger partial charge < -0.3 is 4.90 Å². The van der Waals surface area contributed by atoms with Crippen molar-refractivity contribution in [3.8, 4) is 0 Å². The molecule has 0 aliphatic heterocycles. The second-order valence-corrected chi connectivity index (χ2v) is 7.12. The van der Waals surface area contributed by atoms with Gasteiger partial charge in [0.25, 0.3) is 0 Å². The summed E-state index contributed by atoms with van der Waals surface area (Å²) in [5, 5.41) is 2.64. The quantitative estimate of drug-likeness (QED) is 0.638. The minimum Gasteiger partial charge on any atom is -0.375 e. The molecule has 1 atom stereocenters. The number of nitrogens with zero attached hydrogens (tertiary/aromatic N) is 1. The van der Waals surface area contributed by atoms with Gasteiger partial charge in [-0.05, 0) is 24.1 Å². The predicted molar refractivity (Wildman–Crippen MR) is 98.7 cm³/mol. The Morgan fingerprint density at radius 1 is 1.36 bits per heavy atom. The summed E-state index contributed by atoms with van der Waals surface area (Å²) >= 11 is 3.69. The molecule has 0 bridgehead atoms. The lowest BCUT2D eigenvalue weighted by atomic mass is 10.1. The van der Waals surface area contributed by atoms with Gasteiger partial charge >= 0.3 is 0 Å². The minimum atomic E-state index is 0.511. The van der Waals surface area contributed by atoms with E-state index in [0.29, 0.717) is 10.8 Å². The second-order valence-electron chi connectivity index (χ2n) is 5.10. The molecular formula is C18H21NOS2. The third-order valence-electron chi connectivity index (χ3n) is 3.73. The van der Waals surface area contributed by atoms with Gasteiger partial charge in [0.1, 0.15) is 0 Å². The van der Waals surface area contributed by atoms with Crippen LogP contribution in [0.1, 0.15) is 32.5 Å². The highest BCUT2D eigenvalue weighted by molar-refractivity contribution is 7.98. The Balaban J connectivity index is 2.01. The van der Waals surface area contributed by atoms with Gasteiger partial charge in [-0.25, -0.2) is 0 Å². The van der Waals surface area contributed by atoms with Crippen molar-refractivity contribution in [3.05, 3.63) is 64.4 Å². The molecule has 0 N–H and O–H groups in total. The van der Waals surface area contributed by atoms with E-state index < -0.39 is 0 Å². The molecule has 2 rings (SSSR count). The van der Waals surface area contributed by atoms with Gasteiger partial charge in [-0.2, -0.15) is 11.8 Å². The smallest absolute Gasteiger partial charge is 0.150 e. The van der Waals surface area contributed by atoms with Crippen LogP contribution in [0, 0.1) is 0 Å². The maximum atomic E-state index is 11.2. The maximum absolute atomic E-state index is 11.2. The van der Waals surface area contributed by atoms with E-state index in [1.807, 2.05) is 54.4 Å². The molecule has 1 heterocycles. The first kappa shape index (κ1) is 16.8. The highest BCUT2D eigenvalue weighted by Crippen LogP contribution is 2.33. The molecule has 1 unspecified atom stereocenters. The zero-order chi connectivity index (χ0) is 15.9. The van der Waals surface area contributed by atoms with Crippen molar-refractivity contribution in [2.45, 2.75) is 11.7 Å². The number of hydrogen-bond acceptors (Lipinski definition) is 4. The van der Waals surface area contributed by atoms with Crippen molar-refractivity contribution in [1.82, 2.24) is 4.90 Å². The van der Waals surface area contributed by atoms with Crippen LogP contribution in [0.4, 0.5) is 0 Å². The molecule has 0 fully saturated rings. The zero-order valence-electron chi connectivity index (χ0n) is 13.0. The lowest BCUT2D eigenvalue weighted by Gasteiger charge is -2.24. The van der Waals surface area contributed by atoms with E-state index >= 15 is 0 Å². The fourth-order valence-corrected chi connectivity index (χ4v) is 4.21. The minimum absolute atomic E-state index is 0.511. The zero-order valence-corrected chi connectivity index (χ0v) is 14.6. The normalized spacial score (nSPS) is 11.9. The molecule has 2 aromatic rings. The van der Waals surface area contributed by atoms with Gasteiger partial charge in [0.2, 0.25) is 0 Å². The van der Waals surface area contributed by atoms with Crippen molar-refractivity contribution in [1.29, 1.82) is 0 Å². The number of thiophene rings is 1. The highest BCUT2D eigenvalue weighted by Gasteiger charge is 2.14. The first-order valence-corrected chi connectivity index (χ1v) is 9.35. The molecule has 0 aliphatic rings. The van der Waals surface area contributed by atoms with Crippen molar-refractivity contribution in [3.63, 3.8) is 0 Å². The van der Waals surface area contributed by atoms with Crippen LogP contribution >= 0.6 is 23.1 Å². The summed E-state index contributed by atoms with van der Waals surface area (Å²) in [4.78, 5) is 14.7. The molecule has 0 saturated carbocycles. The topological polar surface area (TPSA) is 20.3 Å². The standard InChI is InChI=1S/C18H21NOS2/c1-14(16-8-5-4-7-15(16)13-20)19(2)11-10-17(21-3)18-9-6-12-22-18/h4-9,12-13,17H,1,10-11H2,2-3H3. The number of thioether (sulfide) groups is 1. The molecule has 1 aromatic heterocycles. The van der Waals surface area contributed by atoms with Gasteiger partial charge in [-0.3, -0.25) is 4.79 Å². The van der Waals surface area contributed by atoms with Crippen LogP contribution in [0.25, 0.3) is 5.70 Å². The van der Waals surface area contributed by atoms with Crippen LogP contribution in [0.5, 0.6) is 0 Å². The van der Waals surface area contributed by atoms with E-state index in [0.717, 1.165) is 30.5 Å². The number of rotatable bonds is 8. The largest absolute Gasteiger partial charge is 0.375 e. The fraction of sp³-hybridized carbons (Fsp3) is 0.278. The Kier molecular flexibility index (Phi) is 6.28. The predicted octanol–water partition coefficient (Wildman–Crippen LogP) is 4.96. The van der Waals surface area contributed by atoms with Crippen LogP contribution in [0.15, 0.2) is 48.4 Å². The Hall–Kier alpha value is -1.52. The van der Waals surface area contributed by atoms with E-state index in [1.165, 1.54) is 4.88 Å². The third-order valence-corrected chi connectivity index (χ3v) is 5.93. The van der Waals surface area contributed by atoms with Gasteiger partial charge in [0.15, 0.2) is 6.29 Å². The summed E-state index contributed by atoms with van der Waals surface area (Å²) in [7, 11) is 2.04. The monoisotopic (exact) mass is 331 g/mol. The molecule has 0 saturated heterocycles. The number of carbonyl (C=O) groups excluding carboxylic acids is 1. The Morgan fingerprint density at radius 2 is 2.14 bits per heavy atom. The van der Waals surface area contributed by atoms with Crippen LogP contribution in [0.3, 0.4) is 0 Å². The van der Waals surface area contributed by atoms with Crippen molar-refractivity contribution in [2.24, 2.45) is 0 Å². The van der Waals surface area contributed by atoms with Crippen LogP contribution in [0.2, 0.25) is 0 Å². The molecule has 4 heteroatoms. The lowest BCUT2D eigenvalue weighted by Crippen LogP contribution is -2.19. The summed E-state index contributed by atoms with van der Waals surface area (Å²) < 4.78 is 0. The van der Waals surface area contributed by atoms with Gasteiger partial charge in [0, 0.05) is 40.5 Å². The molecule has 0 radical (unpaired) electrons. The van der Waals surface area contributed by atoms with E-state index in [2.05, 4.69) is 35.2 Å². The van der Waals surface area contributed by atoms with Crippen molar-refractivity contribution >= 4 is 35.1 Å². The number of aldehydes is 1. The number of benzene rings is 1. The van der Waals surface area contributed by atoms with Crippen LogP contribution in [-0.4, -0.2) is 31.0 Å². The molecule has 0 spiro atoms. The second kappa shape index (κ2) is 8.20. The summed E-state index contributed by atoms with van der Waals surface area (Å²) in [5.41, 5.74) is 2.50. The first-order chi connectivity index (χ1) is 10.7. The molecule has 0 amide bonds. The van der Waals surface area contributed by atoms with Crippen molar-refractivity contribution in [2.75, 3.05) is 19.8 Å². The third kappa shape index (κ3) is 4.02. The summed E-state index contributed by atoms with van der Waals surface area (Å²) in [6.07, 6.45) is 4.10. The molecular weight excluding hydrogens is 310 g/mol. The molecule has 116 valence electrons. The van der Waals surface area contributed by atoms with Crippen LogP contribution in [-0.2, 0) is 0 Å². The van der Waals surface area contributed by atoms with E-state index in [4.69, 9.17) is 0 Å². The number of carbonyl (C=O) groups is 1. The van der Waals surface area contributed by atoms with E-state index in [9.17, 15) is 4.79 Å². The lowest BCUT2D eigenvalue weighted by molar-refractivity contribution is 0.112. The Bertz CT molecular complexity index is 622. The SMILES string of the molecule is C=C(c1ccccc1C=O)N(C)CCC(SC)c1cccs1. The fourth-order valence-electron chi connectivity index (χ4n) is 2.36. The van der Waals surface area contributed by atoms with Gasteiger partial charge in [-0.1, -0.05) is 36.9 Å². The van der Waals surface area contributed by atoms with E-state index in [1.54, 1.807) is 0 Å². The average Bonchev–Trinajstić information content (AvgIpc) is 3.08. The maximum Gasteiger partial charge on any atom is 0.150 e. The summed E-state index contributed by atoms with van der Waals surface area (Å²) in [5.74, 6) is 0. The summed E-state index contributed by atoms with van der Waals surface area (Å²) in [6, 6.07) is 11.9. The average molecular weight is 332 g/mol. The van der Waals surface area contributed by atoms with Crippen molar-refractivity contribution < 1.29 is 4.79 Å². The molecule has 1 aromatic carbocycles. The van der Waals surface area contributed by atoms with Gasteiger partial charge in [0.05, 0.1) is 0 Å².